The highest BCUT2D eigenvalue weighted by molar-refractivity contribution is 5.98. The van der Waals surface area contributed by atoms with Crippen LogP contribution in [-0.2, 0) is 57.5 Å². The third-order valence-electron chi connectivity index (χ3n) is 8.82. The third-order valence-corrected chi connectivity index (χ3v) is 8.82. The van der Waals surface area contributed by atoms with Crippen LogP contribution in [0.15, 0.2) is 4.99 Å². The van der Waals surface area contributed by atoms with Crippen molar-refractivity contribution in [3.8, 4) is 0 Å². The highest BCUT2D eigenvalue weighted by Crippen LogP contribution is 2.20. The number of carboxylic acids is 3. The summed E-state index contributed by atoms with van der Waals surface area (Å²) in [5, 5.41) is 43.0. The van der Waals surface area contributed by atoms with Crippen molar-refractivity contribution < 1.29 is 72.9 Å². The average Bonchev–Trinajstić information content (AvgIpc) is 3.67. The first kappa shape index (κ1) is 52.9. The molecule has 1 aliphatic rings. The number of aliphatic carboxylic acids is 3. The van der Waals surface area contributed by atoms with Gasteiger partial charge in [-0.15, -0.1) is 0 Å². The topological polar surface area (TPSA) is 469 Å². The van der Waals surface area contributed by atoms with E-state index in [0.717, 1.165) is 11.8 Å². The van der Waals surface area contributed by atoms with Crippen molar-refractivity contribution in [2.75, 3.05) is 26.2 Å². The molecule has 1 saturated heterocycles. The van der Waals surface area contributed by atoms with E-state index in [4.69, 9.17) is 33.1 Å². The molecule has 18 N–H and O–H groups in total. The number of guanidine groups is 1. The molecule has 0 aliphatic carbocycles. The predicted molar refractivity (Wildman–Crippen MR) is 210 cm³/mol. The smallest absolute Gasteiger partial charge is 0.325 e. The summed E-state index contributed by atoms with van der Waals surface area (Å²) in [6.45, 7) is 0.892. The standard InChI is InChI=1S/C34H55N13O15/c1-15(42-31(59)21-6-4-10-47(21)32(60)19(7-8-22(36)48)44-23(49)14-41-28(56)17(35)11-25(51)52)27(55)40-13-24(50)45-20(12-26(53)54)30(58)46-18(5-3-9-39-34(37)38)29(57)43-16(2)33(61)62/h15-21H,3-14,35H2,1-2H3,(H2,36,48)(H,40,55)(H,41,56)(H,42,59)(H,43,57)(H,44,49)(H,45,50)(H,46,58)(H,51,52)(H,53,54)(H,61,62)(H4,37,38,39). The van der Waals surface area contributed by atoms with Crippen LogP contribution in [0.25, 0.3) is 0 Å². The van der Waals surface area contributed by atoms with Crippen molar-refractivity contribution in [3.63, 3.8) is 0 Å². The normalized spacial score (nSPS) is 16.0. The fraction of sp³-hybridized carbons (Fsp3) is 0.618. The fourth-order valence-electron chi connectivity index (χ4n) is 5.62. The van der Waals surface area contributed by atoms with Crippen LogP contribution in [-0.4, -0.2) is 166 Å². The Kier molecular flexibility index (Phi) is 22.3. The lowest BCUT2D eigenvalue weighted by Gasteiger charge is -2.29. The monoisotopic (exact) mass is 885 g/mol. The molecule has 1 rings (SSSR count). The molecule has 0 saturated carbocycles. The molecule has 1 fully saturated rings. The summed E-state index contributed by atoms with van der Waals surface area (Å²) in [5.41, 5.74) is 21.3. The maximum atomic E-state index is 13.6. The van der Waals surface area contributed by atoms with E-state index in [-0.39, 0.29) is 51.2 Å². The Morgan fingerprint density at radius 1 is 0.677 bits per heavy atom. The van der Waals surface area contributed by atoms with Crippen molar-refractivity contribution in [1.82, 2.24) is 42.1 Å². The van der Waals surface area contributed by atoms with E-state index in [2.05, 4.69) is 42.2 Å². The van der Waals surface area contributed by atoms with E-state index < -0.39 is 139 Å². The number of nitrogens with one attached hydrogen (secondary N) is 7. The van der Waals surface area contributed by atoms with Gasteiger partial charge in [0, 0.05) is 19.5 Å². The maximum absolute atomic E-state index is 13.6. The van der Waals surface area contributed by atoms with Gasteiger partial charge in [0.15, 0.2) is 5.96 Å². The molecule has 62 heavy (non-hydrogen) atoms. The lowest BCUT2D eigenvalue weighted by atomic mass is 10.1. The summed E-state index contributed by atoms with van der Waals surface area (Å²) >= 11 is 0. The lowest BCUT2D eigenvalue weighted by Crippen LogP contribution is -2.57. The molecule has 9 amide bonds. The van der Waals surface area contributed by atoms with Crippen LogP contribution in [0, 0.1) is 0 Å². The number of amides is 9. The Labute approximate surface area is 353 Å². The molecule has 0 aromatic heterocycles. The molecule has 7 unspecified atom stereocenters. The Morgan fingerprint density at radius 3 is 1.79 bits per heavy atom. The SMILES string of the molecule is CC(NC(=O)C(CCCN=C(N)N)NC(=O)C(CC(=O)O)NC(=O)CNC(=O)C(C)NC(=O)C1CCCN1C(=O)C(CCC(N)=O)NC(=O)CNC(=O)C(N)CC(=O)O)C(=O)O. The lowest BCUT2D eigenvalue weighted by molar-refractivity contribution is -0.143. The highest BCUT2D eigenvalue weighted by atomic mass is 16.4. The van der Waals surface area contributed by atoms with Crippen molar-refractivity contribution in [1.29, 1.82) is 0 Å². The molecule has 0 spiro atoms. The Hall–Kier alpha value is -7.13. The predicted octanol–water partition coefficient (Wildman–Crippen LogP) is -7.65. The van der Waals surface area contributed by atoms with Gasteiger partial charge < -0.3 is 80.4 Å². The first-order valence-electron chi connectivity index (χ1n) is 19.0. The molecular weight excluding hydrogens is 830 g/mol. The number of primary amides is 1. The molecule has 0 aromatic rings. The molecule has 0 bridgehead atoms. The molecule has 7 atom stereocenters. The van der Waals surface area contributed by atoms with Gasteiger partial charge in [-0.05, 0) is 46.0 Å². The molecule has 0 radical (unpaired) electrons. The summed E-state index contributed by atoms with van der Waals surface area (Å²) < 4.78 is 0. The third kappa shape index (κ3) is 19.7. The van der Waals surface area contributed by atoms with Gasteiger partial charge in [0.2, 0.25) is 53.2 Å². The summed E-state index contributed by atoms with van der Waals surface area (Å²) in [7, 11) is 0. The van der Waals surface area contributed by atoms with Gasteiger partial charge in [-0.1, -0.05) is 0 Å². The quantitative estimate of drug-likeness (QED) is 0.0207. The number of carbonyl (C=O) groups is 12. The van der Waals surface area contributed by atoms with E-state index >= 15 is 0 Å². The van der Waals surface area contributed by atoms with E-state index in [1.807, 2.05) is 0 Å². The first-order chi connectivity index (χ1) is 28.9. The Bertz CT molecular complexity index is 1740. The average molecular weight is 886 g/mol. The number of nitrogens with zero attached hydrogens (tertiary/aromatic N) is 2. The van der Waals surface area contributed by atoms with Crippen LogP contribution in [0.2, 0.25) is 0 Å². The minimum atomic E-state index is -1.79. The molecule has 28 nitrogen and oxygen atoms in total. The zero-order chi connectivity index (χ0) is 47.3. The number of rotatable bonds is 27. The maximum Gasteiger partial charge on any atom is 0.325 e. The van der Waals surface area contributed by atoms with Gasteiger partial charge in [0.05, 0.1) is 32.0 Å². The van der Waals surface area contributed by atoms with Crippen molar-refractivity contribution >= 4 is 77.0 Å². The minimum Gasteiger partial charge on any atom is -0.481 e. The second-order valence-electron chi connectivity index (χ2n) is 14.0. The minimum absolute atomic E-state index is 0.0142. The van der Waals surface area contributed by atoms with Gasteiger partial charge in [-0.25, -0.2) is 0 Å². The summed E-state index contributed by atoms with van der Waals surface area (Å²) in [6.07, 6.45) is -1.95. The van der Waals surface area contributed by atoms with Gasteiger partial charge >= 0.3 is 17.9 Å². The van der Waals surface area contributed by atoms with E-state index in [0.29, 0.717) is 6.42 Å². The van der Waals surface area contributed by atoms with Crippen molar-refractivity contribution in [3.05, 3.63) is 0 Å². The molecule has 28 heteroatoms. The largest absolute Gasteiger partial charge is 0.481 e. The number of carboxylic acid groups (broad SMARTS) is 3. The van der Waals surface area contributed by atoms with E-state index in [1.54, 1.807) is 0 Å². The first-order valence-corrected chi connectivity index (χ1v) is 19.0. The zero-order valence-corrected chi connectivity index (χ0v) is 34.0. The summed E-state index contributed by atoms with van der Waals surface area (Å²) in [4.78, 5) is 153. The van der Waals surface area contributed by atoms with Gasteiger partial charge in [-0.3, -0.25) is 62.5 Å². The molecular formula is C34H55N13O15. The van der Waals surface area contributed by atoms with Crippen molar-refractivity contribution in [2.24, 2.45) is 27.9 Å². The summed E-state index contributed by atoms with van der Waals surface area (Å²) in [6, 6.07) is -9.94. The Balaban J connectivity index is 2.94. The number of nitrogens with two attached hydrogens (primary N) is 4. The van der Waals surface area contributed by atoms with Crippen LogP contribution >= 0.6 is 0 Å². The number of aliphatic imine (C=N–C) groups is 1. The van der Waals surface area contributed by atoms with Crippen molar-refractivity contribution in [2.45, 2.75) is 108 Å². The number of hydrogen-bond acceptors (Lipinski definition) is 14. The van der Waals surface area contributed by atoms with Gasteiger partial charge in [0.25, 0.3) is 0 Å². The van der Waals surface area contributed by atoms with E-state index in [9.17, 15) is 62.6 Å². The van der Waals surface area contributed by atoms with Crippen LogP contribution in [0.1, 0.15) is 65.2 Å². The van der Waals surface area contributed by atoms with Crippen LogP contribution in [0.5, 0.6) is 0 Å². The van der Waals surface area contributed by atoms with E-state index in [1.165, 1.54) is 6.92 Å². The zero-order valence-electron chi connectivity index (χ0n) is 34.0. The fourth-order valence-corrected chi connectivity index (χ4v) is 5.62. The van der Waals surface area contributed by atoms with Crippen LogP contribution in [0.4, 0.5) is 0 Å². The highest BCUT2D eigenvalue weighted by Gasteiger charge is 2.39. The van der Waals surface area contributed by atoms with Gasteiger partial charge in [0.1, 0.15) is 36.3 Å². The van der Waals surface area contributed by atoms with Gasteiger partial charge in [-0.2, -0.15) is 0 Å². The molecule has 0 aromatic carbocycles. The second kappa shape index (κ2) is 26.2. The number of hydrogen-bond donors (Lipinski definition) is 14. The van der Waals surface area contributed by atoms with Crippen LogP contribution < -0.4 is 60.2 Å². The number of carbonyl (C=O) groups excluding carboxylic acids is 9. The number of likely N-dealkylation sites (tertiary alicyclic amines) is 1. The molecule has 1 heterocycles. The molecule has 1 aliphatic heterocycles. The van der Waals surface area contributed by atoms with Crippen LogP contribution in [0.3, 0.4) is 0 Å². The second-order valence-corrected chi connectivity index (χ2v) is 14.0. The molecule has 346 valence electrons. The summed E-state index contributed by atoms with van der Waals surface area (Å²) in [5.74, 6) is -12.9. The Morgan fingerprint density at radius 2 is 1.24 bits per heavy atom.